The lowest BCUT2D eigenvalue weighted by atomic mass is 9.92. The van der Waals surface area contributed by atoms with Crippen molar-refractivity contribution in [3.05, 3.63) is 40.9 Å². The maximum atomic E-state index is 6.09. The van der Waals surface area contributed by atoms with Crippen molar-refractivity contribution in [3.8, 4) is 11.4 Å². The van der Waals surface area contributed by atoms with E-state index >= 15 is 0 Å². The summed E-state index contributed by atoms with van der Waals surface area (Å²) in [6.07, 6.45) is 3.54. The first-order chi connectivity index (χ1) is 8.38. The zero-order valence-corrected chi connectivity index (χ0v) is 11.8. The third-order valence-corrected chi connectivity index (χ3v) is 2.92. The minimum atomic E-state index is -0.0533. The fraction of sp³-hybridized carbons (Fsp3) is 0.357. The van der Waals surface area contributed by atoms with E-state index in [-0.39, 0.29) is 5.41 Å². The van der Waals surface area contributed by atoms with Crippen molar-refractivity contribution in [3.63, 3.8) is 0 Å². The second-order valence-corrected chi connectivity index (χ2v) is 5.73. The molecule has 0 radical (unpaired) electrons. The van der Waals surface area contributed by atoms with Gasteiger partial charge in [0.2, 0.25) is 0 Å². The molecule has 0 aliphatic carbocycles. The predicted molar refractivity (Wildman–Crippen MR) is 73.7 cm³/mol. The van der Waals surface area contributed by atoms with Gasteiger partial charge in [0.1, 0.15) is 5.15 Å². The van der Waals surface area contributed by atoms with Gasteiger partial charge in [0.25, 0.3) is 0 Å². The highest BCUT2D eigenvalue weighted by Gasteiger charge is 2.18. The zero-order valence-electron chi connectivity index (χ0n) is 11.0. The van der Waals surface area contributed by atoms with Crippen LogP contribution in [0.25, 0.3) is 11.4 Å². The number of rotatable bonds is 1. The normalized spacial score (nSPS) is 11.6. The molecular formula is C14H16ClN3. The Hall–Kier alpha value is -1.48. The number of aromatic nitrogens is 3. The van der Waals surface area contributed by atoms with Crippen LogP contribution in [0, 0.1) is 6.92 Å². The first-order valence-corrected chi connectivity index (χ1v) is 6.22. The van der Waals surface area contributed by atoms with Crippen LogP contribution in [0.5, 0.6) is 0 Å². The molecule has 2 heterocycles. The molecule has 0 fully saturated rings. The lowest BCUT2D eigenvalue weighted by molar-refractivity contribution is 0.568. The van der Waals surface area contributed by atoms with Crippen LogP contribution in [0.2, 0.25) is 5.15 Å². The number of halogens is 1. The van der Waals surface area contributed by atoms with E-state index in [1.165, 1.54) is 0 Å². The highest BCUT2D eigenvalue weighted by Crippen LogP contribution is 2.26. The average Bonchev–Trinajstić information content (AvgIpc) is 2.27. The molecule has 0 saturated carbocycles. The molecule has 0 amide bonds. The van der Waals surface area contributed by atoms with Gasteiger partial charge in [-0.2, -0.15) is 0 Å². The highest BCUT2D eigenvalue weighted by molar-refractivity contribution is 6.29. The van der Waals surface area contributed by atoms with Gasteiger partial charge in [-0.15, -0.1) is 0 Å². The summed E-state index contributed by atoms with van der Waals surface area (Å²) >= 11 is 6.09. The summed E-state index contributed by atoms with van der Waals surface area (Å²) in [6, 6.07) is 3.73. The molecule has 0 atom stereocenters. The Kier molecular flexibility index (Phi) is 3.35. The third-order valence-electron chi connectivity index (χ3n) is 2.72. The molecule has 0 aromatic carbocycles. The van der Waals surface area contributed by atoms with Gasteiger partial charge < -0.3 is 0 Å². The number of hydrogen-bond acceptors (Lipinski definition) is 3. The molecular weight excluding hydrogens is 246 g/mol. The van der Waals surface area contributed by atoms with Gasteiger partial charge in [-0.1, -0.05) is 32.4 Å². The second kappa shape index (κ2) is 4.65. The molecule has 0 unspecified atom stereocenters. The van der Waals surface area contributed by atoms with E-state index in [1.807, 2.05) is 19.1 Å². The SMILES string of the molecule is Cc1cnccc1-c1nc(Cl)cc(C(C)(C)C)n1. The van der Waals surface area contributed by atoms with Gasteiger partial charge in [0.15, 0.2) is 5.82 Å². The van der Waals surface area contributed by atoms with Crippen molar-refractivity contribution in [1.82, 2.24) is 15.0 Å². The average molecular weight is 262 g/mol. The van der Waals surface area contributed by atoms with Crippen molar-refractivity contribution in [2.24, 2.45) is 0 Å². The van der Waals surface area contributed by atoms with E-state index < -0.39 is 0 Å². The molecule has 3 nitrogen and oxygen atoms in total. The van der Waals surface area contributed by atoms with Gasteiger partial charge in [-0.25, -0.2) is 9.97 Å². The second-order valence-electron chi connectivity index (χ2n) is 5.34. The summed E-state index contributed by atoms with van der Waals surface area (Å²) in [6.45, 7) is 8.31. The fourth-order valence-electron chi connectivity index (χ4n) is 1.65. The smallest absolute Gasteiger partial charge is 0.161 e. The molecule has 0 bridgehead atoms. The monoisotopic (exact) mass is 261 g/mol. The first kappa shape index (κ1) is 13.0. The van der Waals surface area contributed by atoms with E-state index in [0.717, 1.165) is 16.8 Å². The van der Waals surface area contributed by atoms with Crippen LogP contribution in [0.1, 0.15) is 32.0 Å². The van der Waals surface area contributed by atoms with Crippen molar-refractivity contribution in [2.75, 3.05) is 0 Å². The maximum absolute atomic E-state index is 6.09. The summed E-state index contributed by atoms with van der Waals surface area (Å²) < 4.78 is 0. The summed E-state index contributed by atoms with van der Waals surface area (Å²) in [5.41, 5.74) is 2.90. The van der Waals surface area contributed by atoms with Gasteiger partial charge in [-0.05, 0) is 24.6 Å². The van der Waals surface area contributed by atoms with E-state index in [0.29, 0.717) is 11.0 Å². The van der Waals surface area contributed by atoms with E-state index in [4.69, 9.17) is 11.6 Å². The number of aryl methyl sites for hydroxylation is 1. The van der Waals surface area contributed by atoms with Crippen LogP contribution in [0.15, 0.2) is 24.5 Å². The quantitative estimate of drug-likeness (QED) is 0.733. The summed E-state index contributed by atoms with van der Waals surface area (Å²) in [5, 5.41) is 0.473. The van der Waals surface area contributed by atoms with E-state index in [2.05, 4.69) is 35.7 Å². The molecule has 2 rings (SSSR count). The van der Waals surface area contributed by atoms with Crippen molar-refractivity contribution in [1.29, 1.82) is 0 Å². The summed E-state index contributed by atoms with van der Waals surface area (Å²) in [7, 11) is 0. The molecule has 4 heteroatoms. The Morgan fingerprint density at radius 2 is 1.89 bits per heavy atom. The molecule has 0 saturated heterocycles. The molecule has 2 aromatic rings. The van der Waals surface area contributed by atoms with Crippen LogP contribution in [0.3, 0.4) is 0 Å². The maximum Gasteiger partial charge on any atom is 0.161 e. The highest BCUT2D eigenvalue weighted by atomic mass is 35.5. The molecule has 94 valence electrons. The van der Waals surface area contributed by atoms with Gasteiger partial charge >= 0.3 is 0 Å². The van der Waals surface area contributed by atoms with Gasteiger partial charge in [0, 0.05) is 23.4 Å². The van der Waals surface area contributed by atoms with Crippen LogP contribution >= 0.6 is 11.6 Å². The molecule has 0 aliphatic heterocycles. The van der Waals surface area contributed by atoms with Crippen molar-refractivity contribution >= 4 is 11.6 Å². The number of nitrogens with zero attached hydrogens (tertiary/aromatic N) is 3. The minimum absolute atomic E-state index is 0.0533. The van der Waals surface area contributed by atoms with Crippen LogP contribution in [0.4, 0.5) is 0 Å². The van der Waals surface area contributed by atoms with E-state index in [9.17, 15) is 0 Å². The lowest BCUT2D eigenvalue weighted by Gasteiger charge is -2.18. The lowest BCUT2D eigenvalue weighted by Crippen LogP contribution is -2.14. The molecule has 0 aliphatic rings. The van der Waals surface area contributed by atoms with Crippen molar-refractivity contribution < 1.29 is 0 Å². The summed E-state index contributed by atoms with van der Waals surface area (Å²) in [5.74, 6) is 0.660. The summed E-state index contributed by atoms with van der Waals surface area (Å²) in [4.78, 5) is 13.0. The topological polar surface area (TPSA) is 38.7 Å². The Morgan fingerprint density at radius 3 is 2.50 bits per heavy atom. The Morgan fingerprint density at radius 1 is 1.17 bits per heavy atom. The van der Waals surface area contributed by atoms with E-state index in [1.54, 1.807) is 12.4 Å². The van der Waals surface area contributed by atoms with Crippen LogP contribution in [-0.4, -0.2) is 15.0 Å². The van der Waals surface area contributed by atoms with Crippen LogP contribution < -0.4 is 0 Å². The Balaban J connectivity index is 2.60. The zero-order chi connectivity index (χ0) is 13.3. The molecule has 0 spiro atoms. The standard InChI is InChI=1S/C14H16ClN3/c1-9-8-16-6-5-10(9)13-17-11(14(2,3)4)7-12(15)18-13/h5-8H,1-4H3. The van der Waals surface area contributed by atoms with Crippen LogP contribution in [-0.2, 0) is 5.41 Å². The van der Waals surface area contributed by atoms with Gasteiger partial charge in [0.05, 0.1) is 5.69 Å². The minimum Gasteiger partial charge on any atom is -0.264 e. The molecule has 2 aromatic heterocycles. The molecule has 0 N–H and O–H groups in total. The number of hydrogen-bond donors (Lipinski definition) is 0. The predicted octanol–water partition coefficient (Wildman–Crippen LogP) is 3.80. The van der Waals surface area contributed by atoms with Gasteiger partial charge in [-0.3, -0.25) is 4.98 Å². The third kappa shape index (κ3) is 2.67. The molecule has 18 heavy (non-hydrogen) atoms. The first-order valence-electron chi connectivity index (χ1n) is 5.84. The number of pyridine rings is 1. The van der Waals surface area contributed by atoms with Crippen molar-refractivity contribution in [2.45, 2.75) is 33.1 Å². The Labute approximate surface area is 112 Å². The largest absolute Gasteiger partial charge is 0.264 e. The fourth-order valence-corrected chi connectivity index (χ4v) is 1.83. The Bertz CT molecular complexity index is 573.